The number of imide groups is 3. The molecule has 0 saturated carbocycles. The predicted octanol–water partition coefficient (Wildman–Crippen LogP) is 12.6. The highest BCUT2D eigenvalue weighted by Crippen LogP contribution is 2.38. The first-order valence-electron chi connectivity index (χ1n) is 24.5. The van der Waals surface area contributed by atoms with Gasteiger partial charge < -0.3 is 0 Å². The van der Waals surface area contributed by atoms with Gasteiger partial charge in [0.15, 0.2) is 0 Å². The average molecular weight is 978 g/mol. The van der Waals surface area contributed by atoms with Gasteiger partial charge in [-0.2, -0.15) is 39.5 Å². The van der Waals surface area contributed by atoms with Crippen LogP contribution < -0.4 is 0 Å². The first kappa shape index (κ1) is 61.8. The zero-order valence-electron chi connectivity index (χ0n) is 41.8. The molecule has 0 aliphatic carbocycles. The smallest absolute Gasteiger partial charge is 0.282 e. The van der Waals surface area contributed by atoms with Gasteiger partial charge in [0.05, 0.1) is 17.8 Å². The molecule has 0 aromatic rings. The van der Waals surface area contributed by atoms with Crippen LogP contribution in [0, 0.1) is 65.1 Å². The van der Waals surface area contributed by atoms with Crippen LogP contribution >= 0.6 is 0 Å². The maximum Gasteiger partial charge on any atom is 0.392 e. The lowest BCUT2D eigenvalue weighted by molar-refractivity contribution is -0.188. The average Bonchev–Trinajstić information content (AvgIpc) is 3.76. The Morgan fingerprint density at radius 2 is 0.642 bits per heavy atom. The van der Waals surface area contributed by atoms with Crippen LogP contribution in [0.3, 0.4) is 0 Å². The standard InChI is InChI=1S/2C17H28F3NO2.C15H24F3NO2/c2*1-11(2)13-10-15(22)21(16(13)23)9-7-5-6-8-14(12(3)4)17(18,19)20;1-10(2)12-9-13(20)19(14(12)21)8-6-4-5-7-11(3)15(16,17)18/h2*11-14H,5-10H2,1-4H3;10-12H,4-9H2,1-3H3/t13?,14-;;11-,12?/m1.1/s1. The Kier molecular flexibility index (Phi) is 25.7. The zero-order chi connectivity index (χ0) is 51.8. The van der Waals surface area contributed by atoms with Crippen LogP contribution in [-0.2, 0) is 28.8 Å². The summed E-state index contributed by atoms with van der Waals surface area (Å²) in [4.78, 5) is 75.5. The summed E-state index contributed by atoms with van der Waals surface area (Å²) in [5, 5.41) is 0. The molecule has 9 nitrogen and oxygen atoms in total. The van der Waals surface area contributed by atoms with Gasteiger partial charge in [-0.3, -0.25) is 43.5 Å². The van der Waals surface area contributed by atoms with E-state index in [0.29, 0.717) is 77.4 Å². The second kappa shape index (κ2) is 27.8. The van der Waals surface area contributed by atoms with Crippen molar-refractivity contribution in [3.63, 3.8) is 0 Å². The molecule has 3 heterocycles. The maximum atomic E-state index is 12.8. The van der Waals surface area contributed by atoms with E-state index >= 15 is 0 Å². The summed E-state index contributed by atoms with van der Waals surface area (Å²) < 4.78 is 114. The van der Waals surface area contributed by atoms with Crippen molar-refractivity contribution in [1.82, 2.24) is 14.7 Å². The van der Waals surface area contributed by atoms with E-state index in [2.05, 4.69) is 0 Å². The fraction of sp³-hybridized carbons (Fsp3) is 0.878. The van der Waals surface area contributed by atoms with Gasteiger partial charge in [0.1, 0.15) is 0 Å². The Hall–Kier alpha value is -3.21. The molecular weight excluding hydrogens is 898 g/mol. The van der Waals surface area contributed by atoms with E-state index in [1.54, 1.807) is 27.7 Å². The largest absolute Gasteiger partial charge is 0.392 e. The summed E-state index contributed by atoms with van der Waals surface area (Å²) in [6, 6.07) is 0. The number of unbranched alkanes of at least 4 members (excludes halogenated alkanes) is 6. The van der Waals surface area contributed by atoms with Crippen LogP contribution in [0.5, 0.6) is 0 Å². The summed E-state index contributed by atoms with van der Waals surface area (Å²) in [5.41, 5.74) is 0. The van der Waals surface area contributed by atoms with Crippen molar-refractivity contribution in [2.75, 3.05) is 19.6 Å². The van der Waals surface area contributed by atoms with Crippen molar-refractivity contribution in [1.29, 1.82) is 0 Å². The number of hydrogen-bond acceptors (Lipinski definition) is 6. The molecule has 0 bridgehead atoms. The fourth-order valence-electron chi connectivity index (χ4n) is 8.83. The molecular formula is C49H80F9N3O6. The van der Waals surface area contributed by atoms with Gasteiger partial charge in [-0.15, -0.1) is 0 Å². The van der Waals surface area contributed by atoms with Gasteiger partial charge in [0, 0.05) is 56.7 Å². The molecule has 18 heteroatoms. The maximum absolute atomic E-state index is 12.8. The van der Waals surface area contributed by atoms with Gasteiger partial charge in [-0.05, 0) is 68.1 Å². The third-order valence-corrected chi connectivity index (χ3v) is 13.6. The third kappa shape index (κ3) is 20.3. The van der Waals surface area contributed by atoms with Gasteiger partial charge in [-0.1, -0.05) is 115 Å². The van der Waals surface area contributed by atoms with Gasteiger partial charge in [-0.25, -0.2) is 0 Å². The van der Waals surface area contributed by atoms with Crippen molar-refractivity contribution in [2.24, 2.45) is 65.1 Å². The molecule has 0 aromatic heterocycles. The summed E-state index contributed by atoms with van der Waals surface area (Å²) in [6.07, 6.45) is -6.41. The molecule has 3 aliphatic heterocycles. The van der Waals surface area contributed by atoms with Gasteiger partial charge in [0.25, 0.3) is 0 Å². The number of carbonyl (C=O) groups is 6. The minimum atomic E-state index is -4.15. The van der Waals surface area contributed by atoms with E-state index in [9.17, 15) is 68.3 Å². The second-order valence-electron chi connectivity index (χ2n) is 20.6. The first-order chi connectivity index (χ1) is 30.7. The lowest BCUT2D eigenvalue weighted by Gasteiger charge is -2.23. The monoisotopic (exact) mass is 978 g/mol. The zero-order valence-corrected chi connectivity index (χ0v) is 41.8. The van der Waals surface area contributed by atoms with Crippen molar-refractivity contribution in [3.05, 3.63) is 0 Å². The van der Waals surface area contributed by atoms with Crippen molar-refractivity contribution >= 4 is 35.4 Å². The fourth-order valence-corrected chi connectivity index (χ4v) is 8.83. The third-order valence-electron chi connectivity index (χ3n) is 13.6. The SMILES string of the molecule is CC(C)C1CC(=O)N(CCCCCC(C(C)C)C(F)(F)F)C1=O.CC(C)C1CC(=O)N(CCCCC[C@@H](C)C(F)(F)F)C1=O.CC(C)C1CC(=O)N(CCCCC[C@H](C(C)C)C(F)(F)F)C1=O. The number of alkyl halides is 9. The highest BCUT2D eigenvalue weighted by Gasteiger charge is 2.44. The van der Waals surface area contributed by atoms with Crippen molar-refractivity contribution in [2.45, 2.75) is 191 Å². The van der Waals surface area contributed by atoms with Crippen LogP contribution in [0.15, 0.2) is 0 Å². The lowest BCUT2D eigenvalue weighted by atomic mass is 9.90. The molecule has 6 atom stereocenters. The molecule has 67 heavy (non-hydrogen) atoms. The predicted molar refractivity (Wildman–Crippen MR) is 238 cm³/mol. The molecule has 3 fully saturated rings. The van der Waals surface area contributed by atoms with E-state index in [1.807, 2.05) is 41.5 Å². The highest BCUT2D eigenvalue weighted by molar-refractivity contribution is 6.04. The summed E-state index contributed by atoms with van der Waals surface area (Å²) in [5.74, 6) is -5.83. The number of rotatable bonds is 23. The number of hydrogen-bond donors (Lipinski definition) is 0. The molecule has 0 N–H and O–H groups in total. The molecule has 0 spiro atoms. The van der Waals surface area contributed by atoms with Gasteiger partial charge in [0.2, 0.25) is 35.4 Å². The highest BCUT2D eigenvalue weighted by atomic mass is 19.4. The quantitative estimate of drug-likeness (QED) is 0.0573. The number of nitrogens with zero attached hydrogens (tertiary/aromatic N) is 3. The normalized spacial score (nSPS) is 21.1. The van der Waals surface area contributed by atoms with E-state index in [0.717, 1.165) is 0 Å². The minimum Gasteiger partial charge on any atom is -0.282 e. The van der Waals surface area contributed by atoms with E-state index in [-0.39, 0.29) is 109 Å². The van der Waals surface area contributed by atoms with E-state index < -0.39 is 48.1 Å². The van der Waals surface area contributed by atoms with Crippen molar-refractivity contribution < 1.29 is 68.3 Å². The molecule has 3 rings (SSSR count). The molecule has 0 aromatic carbocycles. The number of carbonyl (C=O) groups excluding carboxylic acids is 6. The number of halogens is 9. The minimum absolute atomic E-state index is 0.0972. The summed E-state index contributed by atoms with van der Waals surface area (Å²) in [6.45, 7) is 20.0. The van der Waals surface area contributed by atoms with Crippen LogP contribution in [0.2, 0.25) is 0 Å². The van der Waals surface area contributed by atoms with Crippen LogP contribution in [-0.4, -0.2) is 88.3 Å². The first-order valence-corrected chi connectivity index (χ1v) is 24.5. The van der Waals surface area contributed by atoms with E-state index in [4.69, 9.17) is 0 Å². The Labute approximate surface area is 393 Å². The van der Waals surface area contributed by atoms with E-state index in [1.165, 1.54) is 21.6 Å². The lowest BCUT2D eigenvalue weighted by Crippen LogP contribution is -2.32. The summed E-state index contributed by atoms with van der Waals surface area (Å²) in [7, 11) is 0. The summed E-state index contributed by atoms with van der Waals surface area (Å²) >= 11 is 0. The Bertz CT molecular complexity index is 1500. The number of amides is 6. The molecule has 0 radical (unpaired) electrons. The Balaban J connectivity index is 0.000000503. The second-order valence-corrected chi connectivity index (χ2v) is 20.6. The van der Waals surface area contributed by atoms with Crippen LogP contribution in [0.1, 0.15) is 172 Å². The van der Waals surface area contributed by atoms with Crippen LogP contribution in [0.25, 0.3) is 0 Å². The molecule has 6 amide bonds. The molecule has 3 aliphatic rings. The molecule has 3 saturated heterocycles. The van der Waals surface area contributed by atoms with Gasteiger partial charge >= 0.3 is 18.5 Å². The molecule has 390 valence electrons. The number of likely N-dealkylation sites (tertiary alicyclic amines) is 3. The Morgan fingerprint density at radius 3 is 0.836 bits per heavy atom. The topological polar surface area (TPSA) is 112 Å². The Morgan fingerprint density at radius 1 is 0.388 bits per heavy atom. The van der Waals surface area contributed by atoms with Crippen LogP contribution in [0.4, 0.5) is 39.5 Å². The van der Waals surface area contributed by atoms with Crippen molar-refractivity contribution in [3.8, 4) is 0 Å². The molecule has 4 unspecified atom stereocenters.